The second kappa shape index (κ2) is 8.06. The highest BCUT2D eigenvalue weighted by Gasteiger charge is 2.41. The number of aromatic nitrogens is 1. The van der Waals surface area contributed by atoms with Crippen molar-refractivity contribution in [2.75, 3.05) is 13.1 Å². The summed E-state index contributed by atoms with van der Waals surface area (Å²) in [5.41, 5.74) is 1.62. The van der Waals surface area contributed by atoms with E-state index >= 15 is 0 Å². The van der Waals surface area contributed by atoms with Crippen molar-refractivity contribution in [3.63, 3.8) is 0 Å². The number of rotatable bonds is 5. The number of carbonyl (C=O) groups excluding carboxylic acids is 2. The second-order valence-corrected chi connectivity index (χ2v) is 10.1. The monoisotopic (exact) mass is 410 g/mol. The van der Waals surface area contributed by atoms with E-state index < -0.39 is 0 Å². The second-order valence-electron chi connectivity index (χ2n) is 10.1. The first kappa shape index (κ1) is 20.9. The number of piperidine rings is 1. The molecule has 2 N–H and O–H groups in total. The molecule has 0 unspecified atom stereocenters. The fourth-order valence-electron chi connectivity index (χ4n) is 5.29. The molecule has 2 saturated heterocycles. The Morgan fingerprint density at radius 2 is 1.77 bits per heavy atom. The Morgan fingerprint density at radius 3 is 2.43 bits per heavy atom. The Balaban J connectivity index is 1.33. The smallest absolute Gasteiger partial charge is 0.253 e. The molecule has 6 nitrogen and oxygen atoms in total. The van der Waals surface area contributed by atoms with Crippen molar-refractivity contribution < 1.29 is 9.59 Å². The van der Waals surface area contributed by atoms with Crippen molar-refractivity contribution in [1.29, 1.82) is 0 Å². The predicted octanol–water partition coefficient (Wildman–Crippen LogP) is 3.07. The third kappa shape index (κ3) is 4.38. The highest BCUT2D eigenvalue weighted by Crippen LogP contribution is 2.38. The van der Waals surface area contributed by atoms with Crippen molar-refractivity contribution in [2.45, 2.75) is 64.1 Å². The van der Waals surface area contributed by atoms with Gasteiger partial charge in [0, 0.05) is 48.3 Å². The summed E-state index contributed by atoms with van der Waals surface area (Å²) in [5, 5.41) is 7.26. The van der Waals surface area contributed by atoms with Crippen LogP contribution in [0.15, 0.2) is 30.5 Å². The summed E-state index contributed by atoms with van der Waals surface area (Å²) < 4.78 is 2.01. The highest BCUT2D eigenvalue weighted by molar-refractivity contribution is 6.06. The number of nitrogens with zero attached hydrogens (tertiary/aromatic N) is 2. The molecule has 1 aromatic carbocycles. The molecule has 0 saturated carbocycles. The molecule has 2 amide bonds. The van der Waals surface area contributed by atoms with Gasteiger partial charge in [-0.25, -0.2) is 0 Å². The minimum atomic E-state index is -0.194. The lowest BCUT2D eigenvalue weighted by Crippen LogP contribution is -2.52. The van der Waals surface area contributed by atoms with Crippen molar-refractivity contribution in [3.05, 3.63) is 36.0 Å². The lowest BCUT2D eigenvalue weighted by Gasteiger charge is -2.39. The first-order chi connectivity index (χ1) is 14.2. The van der Waals surface area contributed by atoms with E-state index in [0.717, 1.165) is 42.1 Å². The van der Waals surface area contributed by atoms with Crippen LogP contribution in [0.3, 0.4) is 0 Å². The average Bonchev–Trinajstić information content (AvgIpc) is 3.11. The summed E-state index contributed by atoms with van der Waals surface area (Å²) in [5.74, 6) is 0.594. The van der Waals surface area contributed by atoms with E-state index in [0.29, 0.717) is 31.1 Å². The highest BCUT2D eigenvalue weighted by atomic mass is 16.2. The van der Waals surface area contributed by atoms with E-state index in [9.17, 15) is 9.59 Å². The standard InChI is InChI=1S/C24H34N4O2/c1-24(2,3)26-22(29)15-28-17-9-10-18(28)12-16(11-17)13-25-23(30)20-14-27(4)21-8-6-5-7-19(20)21/h5-8,14,16-18H,9-13,15H2,1-4H3,(H,25,30)(H,26,29)/t16-,17+,18-. The van der Waals surface area contributed by atoms with Crippen LogP contribution in [-0.4, -0.2) is 52.0 Å². The Bertz CT molecular complexity index is 928. The van der Waals surface area contributed by atoms with Crippen LogP contribution < -0.4 is 10.6 Å². The largest absolute Gasteiger partial charge is 0.352 e. The molecule has 2 aliphatic rings. The van der Waals surface area contributed by atoms with Gasteiger partial charge in [-0.15, -0.1) is 0 Å². The molecule has 162 valence electrons. The Morgan fingerprint density at radius 1 is 1.10 bits per heavy atom. The average molecular weight is 411 g/mol. The van der Waals surface area contributed by atoms with Gasteiger partial charge in [0.1, 0.15) is 0 Å². The molecule has 0 aliphatic carbocycles. The van der Waals surface area contributed by atoms with Gasteiger partial charge in [0.15, 0.2) is 0 Å². The Labute approximate surface area is 179 Å². The number of hydrogen-bond acceptors (Lipinski definition) is 3. The number of aryl methyl sites for hydroxylation is 1. The maximum absolute atomic E-state index is 12.8. The van der Waals surface area contributed by atoms with E-state index in [1.165, 1.54) is 0 Å². The molecule has 1 aromatic heterocycles. The van der Waals surface area contributed by atoms with Crippen LogP contribution in [0.4, 0.5) is 0 Å². The fourth-order valence-corrected chi connectivity index (χ4v) is 5.29. The van der Waals surface area contributed by atoms with Gasteiger partial charge in [0.2, 0.25) is 5.91 Å². The van der Waals surface area contributed by atoms with Gasteiger partial charge in [0.25, 0.3) is 5.91 Å². The van der Waals surface area contributed by atoms with Crippen LogP contribution in [0, 0.1) is 5.92 Å². The molecule has 4 rings (SSSR count). The van der Waals surface area contributed by atoms with E-state index in [1.807, 2.05) is 62.8 Å². The molecule has 0 radical (unpaired) electrons. The summed E-state index contributed by atoms with van der Waals surface area (Å²) in [6.45, 7) is 7.25. The lowest BCUT2D eigenvalue weighted by atomic mass is 9.90. The first-order valence-electron chi connectivity index (χ1n) is 11.1. The number of fused-ring (bicyclic) bond motifs is 3. The third-order valence-electron chi connectivity index (χ3n) is 6.52. The van der Waals surface area contributed by atoms with E-state index in [-0.39, 0.29) is 17.4 Å². The van der Waals surface area contributed by atoms with Gasteiger partial charge in [-0.05, 0) is 58.4 Å². The topological polar surface area (TPSA) is 66.4 Å². The summed E-state index contributed by atoms with van der Waals surface area (Å²) in [7, 11) is 1.97. The minimum Gasteiger partial charge on any atom is -0.352 e. The molecular formula is C24H34N4O2. The van der Waals surface area contributed by atoms with Crippen LogP contribution in [0.2, 0.25) is 0 Å². The summed E-state index contributed by atoms with van der Waals surface area (Å²) in [6.07, 6.45) is 6.33. The van der Waals surface area contributed by atoms with E-state index in [4.69, 9.17) is 0 Å². The van der Waals surface area contributed by atoms with Gasteiger partial charge >= 0.3 is 0 Å². The van der Waals surface area contributed by atoms with Gasteiger partial charge in [-0.1, -0.05) is 18.2 Å². The van der Waals surface area contributed by atoms with Crippen LogP contribution in [-0.2, 0) is 11.8 Å². The molecular weight excluding hydrogens is 376 g/mol. The molecule has 3 atom stereocenters. The lowest BCUT2D eigenvalue weighted by molar-refractivity contribution is -0.125. The van der Waals surface area contributed by atoms with Gasteiger partial charge in [-0.2, -0.15) is 0 Å². The predicted molar refractivity (Wildman–Crippen MR) is 119 cm³/mol. The van der Waals surface area contributed by atoms with Gasteiger partial charge < -0.3 is 15.2 Å². The van der Waals surface area contributed by atoms with Crippen molar-refractivity contribution in [1.82, 2.24) is 20.1 Å². The summed E-state index contributed by atoms with van der Waals surface area (Å²) in [6, 6.07) is 8.92. The molecule has 3 heterocycles. The normalized spacial score (nSPS) is 24.2. The Kier molecular flexibility index (Phi) is 5.62. The van der Waals surface area contributed by atoms with Gasteiger partial charge in [0.05, 0.1) is 12.1 Å². The Hall–Kier alpha value is -2.34. The number of hydrogen-bond donors (Lipinski definition) is 2. The van der Waals surface area contributed by atoms with Crippen LogP contribution in [0.25, 0.3) is 10.9 Å². The number of amides is 2. The van der Waals surface area contributed by atoms with Gasteiger partial charge in [-0.3, -0.25) is 14.5 Å². The first-order valence-corrected chi connectivity index (χ1v) is 11.1. The minimum absolute atomic E-state index is 0.00568. The quantitative estimate of drug-likeness (QED) is 0.796. The zero-order valence-corrected chi connectivity index (χ0v) is 18.6. The molecule has 30 heavy (non-hydrogen) atoms. The third-order valence-corrected chi connectivity index (χ3v) is 6.52. The van der Waals surface area contributed by atoms with Crippen molar-refractivity contribution in [2.24, 2.45) is 13.0 Å². The van der Waals surface area contributed by atoms with Crippen molar-refractivity contribution >= 4 is 22.7 Å². The summed E-state index contributed by atoms with van der Waals surface area (Å²) >= 11 is 0. The molecule has 2 aliphatic heterocycles. The number of para-hydroxylation sites is 1. The number of carbonyl (C=O) groups is 2. The maximum atomic E-state index is 12.8. The zero-order chi connectivity index (χ0) is 21.5. The zero-order valence-electron chi connectivity index (χ0n) is 18.6. The molecule has 2 bridgehead atoms. The maximum Gasteiger partial charge on any atom is 0.253 e. The van der Waals surface area contributed by atoms with Crippen LogP contribution >= 0.6 is 0 Å². The number of nitrogens with one attached hydrogen (secondary N) is 2. The molecule has 0 spiro atoms. The fraction of sp³-hybridized carbons (Fsp3) is 0.583. The van der Waals surface area contributed by atoms with E-state index in [2.05, 4.69) is 15.5 Å². The molecule has 2 fully saturated rings. The molecule has 6 heteroatoms. The number of benzene rings is 1. The summed E-state index contributed by atoms with van der Waals surface area (Å²) in [4.78, 5) is 27.6. The molecule has 2 aromatic rings. The van der Waals surface area contributed by atoms with Crippen LogP contribution in [0.5, 0.6) is 0 Å². The van der Waals surface area contributed by atoms with E-state index in [1.54, 1.807) is 0 Å². The van der Waals surface area contributed by atoms with Crippen LogP contribution in [0.1, 0.15) is 56.8 Å². The SMILES string of the molecule is Cn1cc(C(=O)NC[C@H]2C[C@H]3CC[C@@H](C2)N3CC(=O)NC(C)(C)C)c2ccccc21. The van der Waals surface area contributed by atoms with Crippen molar-refractivity contribution in [3.8, 4) is 0 Å².